The molecule has 1 aliphatic heterocycles. The van der Waals surface area contributed by atoms with Crippen molar-refractivity contribution in [3.63, 3.8) is 0 Å². The first kappa shape index (κ1) is 12.4. The van der Waals surface area contributed by atoms with Crippen molar-refractivity contribution in [2.75, 3.05) is 6.54 Å². The lowest BCUT2D eigenvalue weighted by Gasteiger charge is -2.52. The van der Waals surface area contributed by atoms with Crippen molar-refractivity contribution in [2.45, 2.75) is 63.8 Å². The van der Waals surface area contributed by atoms with E-state index in [0.29, 0.717) is 6.04 Å². The maximum Gasteiger partial charge on any atom is 0.0308 e. The lowest BCUT2D eigenvalue weighted by molar-refractivity contribution is 0.0465. The summed E-state index contributed by atoms with van der Waals surface area (Å²) in [5.74, 6) is 4.91. The molecule has 4 aliphatic rings. The van der Waals surface area contributed by atoms with E-state index in [-0.39, 0.29) is 0 Å². The van der Waals surface area contributed by atoms with Gasteiger partial charge in [0.25, 0.3) is 0 Å². The third-order valence-electron chi connectivity index (χ3n) is 6.87. The Labute approximate surface area is 118 Å². The van der Waals surface area contributed by atoms with Crippen LogP contribution in [0.15, 0.2) is 12.2 Å². The number of hydrogen-bond acceptors (Lipinski definition) is 1. The van der Waals surface area contributed by atoms with Crippen LogP contribution >= 0.6 is 0 Å². The molecule has 0 aromatic rings. The molecule has 3 saturated carbocycles. The van der Waals surface area contributed by atoms with Crippen LogP contribution in [-0.2, 0) is 0 Å². The number of nitrogens with one attached hydrogen (secondary N) is 1. The molecule has 0 bridgehead atoms. The fourth-order valence-corrected chi connectivity index (χ4v) is 5.95. The summed E-state index contributed by atoms with van der Waals surface area (Å²) in [5.41, 5.74) is 1.60. The molecule has 1 N–H and O–H groups in total. The maximum atomic E-state index is 4.56. The van der Waals surface area contributed by atoms with Crippen LogP contribution in [0.1, 0.15) is 57.8 Å². The van der Waals surface area contributed by atoms with E-state index in [4.69, 9.17) is 0 Å². The number of rotatable bonds is 0. The highest BCUT2D eigenvalue weighted by Crippen LogP contribution is 2.53. The summed E-state index contributed by atoms with van der Waals surface area (Å²) in [6.07, 6.45) is 13.4. The van der Waals surface area contributed by atoms with Crippen LogP contribution in [0.5, 0.6) is 0 Å². The summed E-state index contributed by atoms with van der Waals surface area (Å²) in [6, 6.07) is 0.676. The minimum Gasteiger partial charge on any atom is -0.310 e. The molecule has 0 radical (unpaired) electrons. The summed E-state index contributed by atoms with van der Waals surface area (Å²) >= 11 is 0. The van der Waals surface area contributed by atoms with E-state index >= 15 is 0 Å². The van der Waals surface area contributed by atoms with Gasteiger partial charge in [-0.25, -0.2) is 0 Å². The number of hydrogen-bond donors (Lipinski definition) is 1. The van der Waals surface area contributed by atoms with Crippen molar-refractivity contribution in [1.29, 1.82) is 0 Å². The van der Waals surface area contributed by atoms with Crippen molar-refractivity contribution in [2.24, 2.45) is 29.6 Å². The van der Waals surface area contributed by atoms with Gasteiger partial charge in [-0.1, -0.05) is 37.8 Å². The lowest BCUT2D eigenvalue weighted by atomic mass is 9.55. The van der Waals surface area contributed by atoms with Gasteiger partial charge in [0.1, 0.15) is 0 Å². The van der Waals surface area contributed by atoms with Crippen molar-refractivity contribution in [3.8, 4) is 0 Å². The Kier molecular flexibility index (Phi) is 3.22. The molecule has 0 amide bonds. The molecule has 4 fully saturated rings. The highest BCUT2D eigenvalue weighted by Gasteiger charge is 2.46. The monoisotopic (exact) mass is 259 g/mol. The second-order valence-corrected chi connectivity index (χ2v) is 7.79. The van der Waals surface area contributed by atoms with Gasteiger partial charge in [0, 0.05) is 6.04 Å². The second kappa shape index (κ2) is 4.91. The first-order chi connectivity index (χ1) is 9.33. The Balaban J connectivity index is 1.54. The Hall–Kier alpha value is -0.300. The van der Waals surface area contributed by atoms with Gasteiger partial charge in [-0.05, 0) is 68.2 Å². The quantitative estimate of drug-likeness (QED) is 0.645. The fraction of sp³-hybridized carbons (Fsp3) is 0.889. The first-order valence-corrected chi connectivity index (χ1v) is 8.75. The van der Waals surface area contributed by atoms with Crippen molar-refractivity contribution >= 4 is 0 Å². The Morgan fingerprint density at radius 2 is 1.47 bits per heavy atom. The van der Waals surface area contributed by atoms with Gasteiger partial charge in [-0.3, -0.25) is 0 Å². The zero-order valence-corrected chi connectivity index (χ0v) is 12.2. The standard InChI is InChI=1S/C18H29N/c1-12-17-11-14-6-3-2-5-13(14)9-16(17)10-15-7-4-8-19-18(12)15/h13-19H,1-11H2. The fourth-order valence-electron chi connectivity index (χ4n) is 5.95. The molecule has 1 saturated heterocycles. The van der Waals surface area contributed by atoms with E-state index in [2.05, 4.69) is 11.9 Å². The third-order valence-corrected chi connectivity index (χ3v) is 6.87. The summed E-state index contributed by atoms with van der Waals surface area (Å²) < 4.78 is 0. The predicted molar refractivity (Wildman–Crippen MR) is 79.9 cm³/mol. The third kappa shape index (κ3) is 2.09. The Bertz CT molecular complexity index is 359. The van der Waals surface area contributed by atoms with E-state index in [1.54, 1.807) is 5.57 Å². The van der Waals surface area contributed by atoms with E-state index in [9.17, 15) is 0 Å². The van der Waals surface area contributed by atoms with Gasteiger partial charge in [-0.2, -0.15) is 0 Å². The van der Waals surface area contributed by atoms with Crippen LogP contribution in [0.25, 0.3) is 0 Å². The maximum absolute atomic E-state index is 4.56. The van der Waals surface area contributed by atoms with Gasteiger partial charge < -0.3 is 5.32 Å². The molecule has 4 rings (SSSR count). The molecular formula is C18H29N. The molecular weight excluding hydrogens is 230 g/mol. The largest absolute Gasteiger partial charge is 0.310 e. The normalized spacial score (nSPS) is 50.0. The predicted octanol–water partition coefficient (Wildman–Crippen LogP) is 4.15. The van der Waals surface area contributed by atoms with Crippen LogP contribution in [-0.4, -0.2) is 12.6 Å². The summed E-state index contributed by atoms with van der Waals surface area (Å²) in [6.45, 7) is 5.78. The van der Waals surface area contributed by atoms with Crippen molar-refractivity contribution in [3.05, 3.63) is 12.2 Å². The average molecular weight is 259 g/mol. The van der Waals surface area contributed by atoms with Crippen LogP contribution in [0.2, 0.25) is 0 Å². The minimum absolute atomic E-state index is 0.676. The average Bonchev–Trinajstić information content (AvgIpc) is 2.46. The number of fused-ring (bicyclic) bond motifs is 3. The van der Waals surface area contributed by atoms with Gasteiger partial charge in [-0.15, -0.1) is 0 Å². The van der Waals surface area contributed by atoms with Crippen molar-refractivity contribution in [1.82, 2.24) is 5.32 Å². The van der Waals surface area contributed by atoms with Gasteiger partial charge >= 0.3 is 0 Å². The second-order valence-electron chi connectivity index (χ2n) is 7.79. The molecule has 0 aromatic carbocycles. The van der Waals surface area contributed by atoms with Crippen LogP contribution < -0.4 is 5.32 Å². The van der Waals surface area contributed by atoms with Gasteiger partial charge in [0.15, 0.2) is 0 Å². The Morgan fingerprint density at radius 3 is 2.32 bits per heavy atom. The summed E-state index contributed by atoms with van der Waals surface area (Å²) in [5, 5.41) is 3.78. The zero-order valence-electron chi connectivity index (χ0n) is 12.2. The lowest BCUT2D eigenvalue weighted by Crippen LogP contribution is -2.51. The molecule has 0 spiro atoms. The van der Waals surface area contributed by atoms with E-state index in [0.717, 1.165) is 29.6 Å². The van der Waals surface area contributed by atoms with Crippen molar-refractivity contribution < 1.29 is 0 Å². The smallest absolute Gasteiger partial charge is 0.0308 e. The minimum atomic E-state index is 0.676. The van der Waals surface area contributed by atoms with E-state index in [1.807, 2.05) is 0 Å². The summed E-state index contributed by atoms with van der Waals surface area (Å²) in [7, 11) is 0. The highest BCUT2D eigenvalue weighted by atomic mass is 14.9. The first-order valence-electron chi connectivity index (χ1n) is 8.75. The SMILES string of the molecule is C=C1C2CC3CCCCC3CC2CC2CCCNC12. The van der Waals surface area contributed by atoms with E-state index in [1.165, 1.54) is 64.3 Å². The highest BCUT2D eigenvalue weighted by molar-refractivity contribution is 5.19. The van der Waals surface area contributed by atoms with Crippen LogP contribution in [0.4, 0.5) is 0 Å². The topological polar surface area (TPSA) is 12.0 Å². The molecule has 1 heterocycles. The molecule has 19 heavy (non-hydrogen) atoms. The molecule has 3 aliphatic carbocycles. The Morgan fingerprint density at radius 1 is 0.789 bits per heavy atom. The number of piperidine rings is 1. The summed E-state index contributed by atoms with van der Waals surface area (Å²) in [4.78, 5) is 0. The van der Waals surface area contributed by atoms with Gasteiger partial charge in [0.2, 0.25) is 0 Å². The molecule has 0 aromatic heterocycles. The molecule has 106 valence electrons. The molecule has 6 unspecified atom stereocenters. The zero-order chi connectivity index (χ0) is 12.8. The molecule has 6 atom stereocenters. The van der Waals surface area contributed by atoms with E-state index < -0.39 is 0 Å². The molecule has 1 nitrogen and oxygen atoms in total. The van der Waals surface area contributed by atoms with Gasteiger partial charge in [0.05, 0.1) is 0 Å². The molecule has 1 heteroatoms. The van der Waals surface area contributed by atoms with Crippen LogP contribution in [0, 0.1) is 29.6 Å². The van der Waals surface area contributed by atoms with Crippen LogP contribution in [0.3, 0.4) is 0 Å².